The minimum atomic E-state index is -3.05. The van der Waals surface area contributed by atoms with Gasteiger partial charge in [0.15, 0.2) is 9.84 Å². The molecule has 0 radical (unpaired) electrons. The molecule has 1 aromatic rings. The highest BCUT2D eigenvalue weighted by Gasteiger charge is 2.43. The van der Waals surface area contributed by atoms with E-state index in [1.54, 1.807) is 4.90 Å². The lowest BCUT2D eigenvalue weighted by molar-refractivity contribution is -0.135. The van der Waals surface area contributed by atoms with E-state index >= 15 is 0 Å². The first-order chi connectivity index (χ1) is 10.1. The summed E-state index contributed by atoms with van der Waals surface area (Å²) in [5, 5.41) is -0.507. The van der Waals surface area contributed by atoms with Crippen molar-refractivity contribution in [1.29, 1.82) is 0 Å². The fourth-order valence-electron chi connectivity index (χ4n) is 3.25. The summed E-state index contributed by atoms with van der Waals surface area (Å²) in [6.45, 7) is 1.04. The molecule has 2 aliphatic rings. The maximum absolute atomic E-state index is 12.5. The lowest BCUT2D eigenvalue weighted by Crippen LogP contribution is -2.59. The molecule has 0 N–H and O–H groups in total. The summed E-state index contributed by atoms with van der Waals surface area (Å²) in [6.07, 6.45) is 8.48. The molecule has 0 unspecified atom stereocenters. The largest absolute Gasteiger partial charge is 0.345 e. The number of rotatable bonds is 4. The maximum Gasteiger partial charge on any atom is 0.242 e. The normalized spacial score (nSPS) is 21.2. The Balaban J connectivity index is 1.53. The molecule has 3 rings (SSSR count). The second kappa shape index (κ2) is 5.83. The summed E-state index contributed by atoms with van der Waals surface area (Å²) in [5.74, 6) is 0.00120. The topological polar surface area (TPSA) is 59.4 Å². The minimum absolute atomic E-state index is 0.00120. The average molecular weight is 310 g/mol. The van der Waals surface area contributed by atoms with E-state index in [0.29, 0.717) is 19.6 Å². The molecular formula is C15H22N2O3S. The molecule has 1 aromatic heterocycles. The Morgan fingerprint density at radius 3 is 2.24 bits per heavy atom. The predicted molar refractivity (Wildman–Crippen MR) is 80.6 cm³/mol. The fourth-order valence-corrected chi connectivity index (χ4v) is 5.56. The van der Waals surface area contributed by atoms with E-state index in [1.165, 1.54) is 0 Å². The smallest absolute Gasteiger partial charge is 0.242 e. The molecule has 21 heavy (non-hydrogen) atoms. The van der Waals surface area contributed by atoms with Crippen LogP contribution in [0.4, 0.5) is 0 Å². The molecule has 1 saturated carbocycles. The Hall–Kier alpha value is -1.30. The molecule has 1 aliphatic heterocycles. The third-order valence-corrected chi connectivity index (χ3v) is 7.29. The van der Waals surface area contributed by atoms with Crippen LogP contribution in [0.15, 0.2) is 24.5 Å². The first-order valence-corrected chi connectivity index (χ1v) is 9.29. The van der Waals surface area contributed by atoms with Crippen molar-refractivity contribution in [3.8, 4) is 0 Å². The standard InChI is InChI=1S/C15H22N2O3S/c18-15(12-16-8-4-5-9-16)17-10-14(11-17)21(19,20)13-6-2-1-3-7-13/h4-5,8-9,13-14H,1-3,6-7,10-12H2. The lowest BCUT2D eigenvalue weighted by Gasteiger charge is -2.41. The van der Waals surface area contributed by atoms with Crippen LogP contribution in [0.25, 0.3) is 0 Å². The van der Waals surface area contributed by atoms with Crippen LogP contribution in [-0.2, 0) is 21.2 Å². The molecule has 1 saturated heterocycles. The van der Waals surface area contributed by atoms with Gasteiger partial charge in [0.25, 0.3) is 0 Å². The summed E-state index contributed by atoms with van der Waals surface area (Å²) in [4.78, 5) is 13.7. The zero-order valence-electron chi connectivity index (χ0n) is 12.1. The summed E-state index contributed by atoms with van der Waals surface area (Å²) in [7, 11) is -3.05. The van der Waals surface area contributed by atoms with Gasteiger partial charge in [-0.05, 0) is 25.0 Å². The molecule has 0 spiro atoms. The highest BCUT2D eigenvalue weighted by molar-refractivity contribution is 7.92. The Bertz CT molecular complexity index is 582. The van der Waals surface area contributed by atoms with Crippen LogP contribution in [-0.4, -0.2) is 47.4 Å². The lowest BCUT2D eigenvalue weighted by atomic mass is 10.0. The number of nitrogens with zero attached hydrogens (tertiary/aromatic N) is 2. The number of amides is 1. The van der Waals surface area contributed by atoms with Gasteiger partial charge in [-0.2, -0.15) is 0 Å². The van der Waals surface area contributed by atoms with Crippen LogP contribution in [0.2, 0.25) is 0 Å². The van der Waals surface area contributed by atoms with Crippen LogP contribution < -0.4 is 0 Å². The van der Waals surface area contributed by atoms with Crippen LogP contribution in [0.1, 0.15) is 32.1 Å². The van der Waals surface area contributed by atoms with E-state index in [0.717, 1.165) is 32.1 Å². The zero-order valence-corrected chi connectivity index (χ0v) is 13.0. The van der Waals surface area contributed by atoms with Gasteiger partial charge in [-0.15, -0.1) is 0 Å². The Labute approximate surface area is 125 Å². The summed E-state index contributed by atoms with van der Waals surface area (Å²) in [6, 6.07) is 3.75. The molecule has 0 aromatic carbocycles. The Kier molecular flexibility index (Phi) is 4.06. The van der Waals surface area contributed by atoms with E-state index in [1.807, 2.05) is 29.1 Å². The third kappa shape index (κ3) is 3.00. The number of hydrogen-bond donors (Lipinski definition) is 0. The van der Waals surface area contributed by atoms with Crippen molar-refractivity contribution in [2.24, 2.45) is 0 Å². The van der Waals surface area contributed by atoms with Gasteiger partial charge >= 0.3 is 0 Å². The third-order valence-electron chi connectivity index (χ3n) is 4.67. The second-order valence-corrected chi connectivity index (χ2v) is 8.64. The van der Waals surface area contributed by atoms with E-state index in [9.17, 15) is 13.2 Å². The zero-order chi connectivity index (χ0) is 14.9. The molecule has 0 bridgehead atoms. The molecule has 116 valence electrons. The summed E-state index contributed by atoms with van der Waals surface area (Å²) < 4.78 is 26.8. The first kappa shape index (κ1) is 14.6. The summed E-state index contributed by atoms with van der Waals surface area (Å²) in [5.41, 5.74) is 0. The highest BCUT2D eigenvalue weighted by atomic mass is 32.2. The number of likely N-dealkylation sites (tertiary alicyclic amines) is 1. The first-order valence-electron chi connectivity index (χ1n) is 7.68. The van der Waals surface area contributed by atoms with Gasteiger partial charge in [0.05, 0.1) is 10.5 Å². The highest BCUT2D eigenvalue weighted by Crippen LogP contribution is 2.29. The quantitative estimate of drug-likeness (QED) is 0.845. The van der Waals surface area contributed by atoms with Gasteiger partial charge in [-0.1, -0.05) is 19.3 Å². The van der Waals surface area contributed by atoms with Crippen molar-refractivity contribution in [1.82, 2.24) is 9.47 Å². The van der Waals surface area contributed by atoms with Gasteiger partial charge in [-0.3, -0.25) is 4.79 Å². The molecule has 1 aliphatic carbocycles. The molecule has 1 amide bonds. The average Bonchev–Trinajstić information content (AvgIpc) is 2.90. The number of sulfone groups is 1. The van der Waals surface area contributed by atoms with Crippen LogP contribution in [0.5, 0.6) is 0 Å². The van der Waals surface area contributed by atoms with Crippen molar-refractivity contribution >= 4 is 15.7 Å². The van der Waals surface area contributed by atoms with Crippen LogP contribution in [0.3, 0.4) is 0 Å². The Morgan fingerprint density at radius 2 is 1.62 bits per heavy atom. The number of aromatic nitrogens is 1. The van der Waals surface area contributed by atoms with Gasteiger partial charge < -0.3 is 9.47 Å². The molecule has 6 heteroatoms. The van der Waals surface area contributed by atoms with E-state index in [2.05, 4.69) is 0 Å². The van der Waals surface area contributed by atoms with Crippen LogP contribution in [0, 0.1) is 0 Å². The van der Waals surface area contributed by atoms with E-state index in [4.69, 9.17) is 0 Å². The molecule has 2 heterocycles. The van der Waals surface area contributed by atoms with Gasteiger partial charge in [-0.25, -0.2) is 8.42 Å². The predicted octanol–water partition coefficient (Wildman–Crippen LogP) is 1.45. The summed E-state index contributed by atoms with van der Waals surface area (Å²) >= 11 is 0. The van der Waals surface area contributed by atoms with Crippen molar-refractivity contribution < 1.29 is 13.2 Å². The molecule has 5 nitrogen and oxygen atoms in total. The second-order valence-electron chi connectivity index (χ2n) is 6.13. The number of carbonyl (C=O) groups is 1. The molecular weight excluding hydrogens is 288 g/mol. The fraction of sp³-hybridized carbons (Fsp3) is 0.667. The number of carbonyl (C=O) groups excluding carboxylic acids is 1. The van der Waals surface area contributed by atoms with Crippen LogP contribution >= 0.6 is 0 Å². The van der Waals surface area contributed by atoms with Crippen molar-refractivity contribution in [3.05, 3.63) is 24.5 Å². The molecule has 0 atom stereocenters. The minimum Gasteiger partial charge on any atom is -0.345 e. The van der Waals surface area contributed by atoms with E-state index < -0.39 is 9.84 Å². The van der Waals surface area contributed by atoms with Crippen molar-refractivity contribution in [3.63, 3.8) is 0 Å². The number of hydrogen-bond acceptors (Lipinski definition) is 3. The van der Waals surface area contributed by atoms with Crippen molar-refractivity contribution in [2.45, 2.75) is 49.1 Å². The van der Waals surface area contributed by atoms with Gasteiger partial charge in [0.2, 0.25) is 5.91 Å². The molecule has 2 fully saturated rings. The van der Waals surface area contributed by atoms with Gasteiger partial charge in [0, 0.05) is 25.5 Å². The SMILES string of the molecule is O=C(Cn1cccc1)N1CC(S(=O)(=O)C2CCCCC2)C1. The monoisotopic (exact) mass is 310 g/mol. The maximum atomic E-state index is 12.5. The van der Waals surface area contributed by atoms with E-state index in [-0.39, 0.29) is 16.4 Å². The van der Waals surface area contributed by atoms with Crippen molar-refractivity contribution in [2.75, 3.05) is 13.1 Å². The van der Waals surface area contributed by atoms with Gasteiger partial charge in [0.1, 0.15) is 6.54 Å². The Morgan fingerprint density at radius 1 is 1.00 bits per heavy atom.